The van der Waals surface area contributed by atoms with Crippen LogP contribution in [0.1, 0.15) is 5.56 Å². The first-order valence-corrected chi connectivity index (χ1v) is 9.57. The van der Waals surface area contributed by atoms with Gasteiger partial charge in [-0.05, 0) is 42.5 Å². The Kier molecular flexibility index (Phi) is 5.49. The predicted molar refractivity (Wildman–Crippen MR) is 101 cm³/mol. The van der Waals surface area contributed by atoms with E-state index in [9.17, 15) is 13.2 Å². The van der Waals surface area contributed by atoms with Gasteiger partial charge in [-0.1, -0.05) is 0 Å². The van der Waals surface area contributed by atoms with Gasteiger partial charge in [-0.2, -0.15) is 14.7 Å². The smallest absolute Gasteiger partial charge is 0.243 e. The van der Waals surface area contributed by atoms with E-state index >= 15 is 0 Å². The number of nitriles is 1. The van der Waals surface area contributed by atoms with E-state index in [1.807, 2.05) is 6.07 Å². The maximum atomic E-state index is 12.6. The van der Waals surface area contributed by atoms with Crippen molar-refractivity contribution in [2.45, 2.75) is 4.90 Å². The van der Waals surface area contributed by atoms with Crippen LogP contribution in [0.4, 0.5) is 5.69 Å². The lowest BCUT2D eigenvalue weighted by Crippen LogP contribution is -2.35. The number of rotatable bonds is 6. The van der Waals surface area contributed by atoms with Crippen LogP contribution in [0.5, 0.6) is 0 Å². The quantitative estimate of drug-likeness (QED) is 0.672. The number of hydrogen-bond donors (Lipinski definition) is 1. The van der Waals surface area contributed by atoms with Crippen LogP contribution in [0.3, 0.4) is 0 Å². The zero-order chi connectivity index (χ0) is 20.1. The Morgan fingerprint density at radius 3 is 2.61 bits per heavy atom. The minimum Gasteiger partial charge on any atom is -0.322 e. The largest absolute Gasteiger partial charge is 0.322 e. The van der Waals surface area contributed by atoms with Crippen LogP contribution in [0, 0.1) is 11.3 Å². The SMILES string of the molecule is CN(CC(=O)Nc1cccnc1-n1cccn1)S(=O)(=O)c1ccc(C#N)cc1. The average Bonchev–Trinajstić information content (AvgIpc) is 3.23. The molecule has 0 saturated heterocycles. The minimum atomic E-state index is -3.87. The second-order valence-corrected chi connectivity index (χ2v) is 7.82. The first-order valence-electron chi connectivity index (χ1n) is 8.13. The summed E-state index contributed by atoms with van der Waals surface area (Å²) < 4.78 is 27.7. The third-order valence-corrected chi connectivity index (χ3v) is 5.66. The van der Waals surface area contributed by atoms with Gasteiger partial charge in [-0.3, -0.25) is 4.79 Å². The Bertz CT molecular complexity index is 1120. The van der Waals surface area contributed by atoms with Gasteiger partial charge in [0.05, 0.1) is 28.8 Å². The van der Waals surface area contributed by atoms with Crippen molar-refractivity contribution in [2.75, 3.05) is 18.9 Å². The van der Waals surface area contributed by atoms with Gasteiger partial charge in [-0.25, -0.2) is 18.1 Å². The van der Waals surface area contributed by atoms with Gasteiger partial charge in [0.15, 0.2) is 5.82 Å². The van der Waals surface area contributed by atoms with E-state index in [1.54, 1.807) is 36.8 Å². The van der Waals surface area contributed by atoms with E-state index in [0.29, 0.717) is 17.1 Å². The fraction of sp³-hybridized carbons (Fsp3) is 0.111. The zero-order valence-corrected chi connectivity index (χ0v) is 15.7. The number of anilines is 1. The second kappa shape index (κ2) is 7.99. The summed E-state index contributed by atoms with van der Waals surface area (Å²) in [4.78, 5) is 16.6. The molecule has 9 nitrogen and oxygen atoms in total. The van der Waals surface area contributed by atoms with Crippen molar-refractivity contribution in [3.8, 4) is 11.9 Å². The van der Waals surface area contributed by atoms with Crippen LogP contribution in [0.2, 0.25) is 0 Å². The molecule has 10 heteroatoms. The number of carbonyl (C=O) groups is 1. The number of nitrogens with zero attached hydrogens (tertiary/aromatic N) is 5. The molecule has 3 aromatic rings. The van der Waals surface area contributed by atoms with Crippen molar-refractivity contribution in [1.82, 2.24) is 19.1 Å². The predicted octanol–water partition coefficient (Wildman–Crippen LogP) is 1.40. The molecule has 2 heterocycles. The zero-order valence-electron chi connectivity index (χ0n) is 14.8. The molecular formula is C18H16N6O3S. The number of likely N-dealkylation sites (N-methyl/N-ethyl adjacent to an activating group) is 1. The monoisotopic (exact) mass is 396 g/mol. The number of sulfonamides is 1. The summed E-state index contributed by atoms with van der Waals surface area (Å²) in [5, 5.41) is 15.6. The molecule has 28 heavy (non-hydrogen) atoms. The highest BCUT2D eigenvalue weighted by Crippen LogP contribution is 2.18. The van der Waals surface area contributed by atoms with Crippen molar-refractivity contribution in [3.63, 3.8) is 0 Å². The molecule has 3 rings (SSSR count). The molecule has 0 aliphatic carbocycles. The van der Waals surface area contributed by atoms with Crippen LogP contribution < -0.4 is 5.32 Å². The first-order chi connectivity index (χ1) is 13.4. The summed E-state index contributed by atoms with van der Waals surface area (Å²) in [6.07, 6.45) is 4.83. The van der Waals surface area contributed by atoms with Crippen molar-refractivity contribution in [2.24, 2.45) is 0 Å². The molecule has 1 N–H and O–H groups in total. The molecule has 0 saturated carbocycles. The molecular weight excluding hydrogens is 380 g/mol. The van der Waals surface area contributed by atoms with Crippen LogP contribution >= 0.6 is 0 Å². The highest BCUT2D eigenvalue weighted by molar-refractivity contribution is 7.89. The van der Waals surface area contributed by atoms with E-state index in [0.717, 1.165) is 4.31 Å². The maximum Gasteiger partial charge on any atom is 0.243 e. The second-order valence-electron chi connectivity index (χ2n) is 5.77. The van der Waals surface area contributed by atoms with E-state index in [-0.39, 0.29) is 4.90 Å². The Balaban J connectivity index is 1.74. The number of benzene rings is 1. The van der Waals surface area contributed by atoms with E-state index < -0.39 is 22.5 Å². The third-order valence-electron chi connectivity index (χ3n) is 3.84. The summed E-state index contributed by atoms with van der Waals surface area (Å²) in [6.45, 7) is -0.393. The summed E-state index contributed by atoms with van der Waals surface area (Å²) in [7, 11) is -2.56. The van der Waals surface area contributed by atoms with Crippen LogP contribution in [-0.4, -0.2) is 47.0 Å². The third kappa shape index (κ3) is 4.06. The fourth-order valence-corrected chi connectivity index (χ4v) is 3.56. The van der Waals surface area contributed by atoms with Gasteiger partial charge in [0.1, 0.15) is 0 Å². The number of amides is 1. The van der Waals surface area contributed by atoms with Gasteiger partial charge in [0.2, 0.25) is 15.9 Å². The molecule has 2 aromatic heterocycles. The van der Waals surface area contributed by atoms with E-state index in [4.69, 9.17) is 5.26 Å². The number of aromatic nitrogens is 3. The minimum absolute atomic E-state index is 0.000378. The lowest BCUT2D eigenvalue weighted by molar-refractivity contribution is -0.116. The van der Waals surface area contributed by atoms with Crippen LogP contribution in [0.15, 0.2) is 66.0 Å². The molecule has 0 bridgehead atoms. The first kappa shape index (κ1) is 19.2. The summed E-state index contributed by atoms with van der Waals surface area (Å²) in [5.74, 6) is -0.112. The van der Waals surface area contributed by atoms with Crippen molar-refractivity contribution in [1.29, 1.82) is 5.26 Å². The summed E-state index contributed by atoms with van der Waals surface area (Å²) >= 11 is 0. The Hall–Kier alpha value is -3.55. The molecule has 0 aliphatic rings. The molecule has 0 spiro atoms. The molecule has 1 aromatic carbocycles. The van der Waals surface area contributed by atoms with Gasteiger partial charge in [-0.15, -0.1) is 0 Å². The number of pyridine rings is 1. The normalized spacial score (nSPS) is 11.2. The fourth-order valence-electron chi connectivity index (χ4n) is 2.43. The molecule has 1 amide bonds. The van der Waals surface area contributed by atoms with E-state index in [1.165, 1.54) is 36.0 Å². The highest BCUT2D eigenvalue weighted by atomic mass is 32.2. The Labute approximate surface area is 161 Å². The lowest BCUT2D eigenvalue weighted by atomic mass is 10.2. The van der Waals surface area contributed by atoms with Gasteiger partial charge < -0.3 is 5.32 Å². The average molecular weight is 396 g/mol. The lowest BCUT2D eigenvalue weighted by Gasteiger charge is -2.17. The van der Waals surface area contributed by atoms with Crippen LogP contribution in [0.25, 0.3) is 5.82 Å². The van der Waals surface area contributed by atoms with Gasteiger partial charge in [0.25, 0.3) is 0 Å². The number of carbonyl (C=O) groups excluding carboxylic acids is 1. The Morgan fingerprint density at radius 2 is 1.96 bits per heavy atom. The highest BCUT2D eigenvalue weighted by Gasteiger charge is 2.23. The van der Waals surface area contributed by atoms with Crippen molar-refractivity contribution >= 4 is 21.6 Å². The molecule has 142 valence electrons. The van der Waals surface area contributed by atoms with Gasteiger partial charge >= 0.3 is 0 Å². The molecule has 0 atom stereocenters. The molecule has 0 fully saturated rings. The summed E-state index contributed by atoms with van der Waals surface area (Å²) in [5.41, 5.74) is 0.752. The number of nitrogens with one attached hydrogen (secondary N) is 1. The number of hydrogen-bond acceptors (Lipinski definition) is 6. The van der Waals surface area contributed by atoms with Crippen LogP contribution in [-0.2, 0) is 14.8 Å². The molecule has 0 radical (unpaired) electrons. The van der Waals surface area contributed by atoms with Gasteiger partial charge in [0, 0.05) is 25.6 Å². The summed E-state index contributed by atoms with van der Waals surface area (Å²) in [6, 6.07) is 12.4. The van der Waals surface area contributed by atoms with Crippen molar-refractivity contribution in [3.05, 3.63) is 66.6 Å². The molecule has 0 aliphatic heterocycles. The maximum absolute atomic E-state index is 12.6. The van der Waals surface area contributed by atoms with Crippen molar-refractivity contribution < 1.29 is 13.2 Å². The topological polar surface area (TPSA) is 121 Å². The molecule has 0 unspecified atom stereocenters. The standard InChI is InChI=1S/C18H16N6O3S/c1-23(28(26,27)15-7-5-14(12-19)6-8-15)13-17(25)22-16-4-2-9-20-18(16)24-11-3-10-21-24/h2-11H,13H2,1H3,(H,22,25). The van der Waals surface area contributed by atoms with E-state index in [2.05, 4.69) is 15.4 Å². The Morgan fingerprint density at radius 1 is 1.21 bits per heavy atom.